The van der Waals surface area contributed by atoms with Gasteiger partial charge < -0.3 is 10.5 Å². The molecule has 0 spiro atoms. The fraction of sp³-hybridized carbons (Fsp3) is 0.500. The van der Waals surface area contributed by atoms with Crippen LogP contribution in [0.3, 0.4) is 0 Å². The van der Waals surface area contributed by atoms with Crippen LogP contribution in [-0.4, -0.2) is 37.2 Å². The zero-order chi connectivity index (χ0) is 16.2. The van der Waals surface area contributed by atoms with Crippen LogP contribution in [0.25, 0.3) is 0 Å². The van der Waals surface area contributed by atoms with Gasteiger partial charge in [0, 0.05) is 11.6 Å². The van der Waals surface area contributed by atoms with E-state index in [4.69, 9.17) is 22.1 Å². The smallest absolute Gasteiger partial charge is 0.326 e. The van der Waals surface area contributed by atoms with Crippen molar-refractivity contribution in [3.63, 3.8) is 0 Å². The van der Waals surface area contributed by atoms with E-state index in [2.05, 4.69) is 0 Å². The summed E-state index contributed by atoms with van der Waals surface area (Å²) >= 11 is 5.44. The number of nitrogens with two attached hydrogens (primary N) is 1. The molecule has 0 bridgehead atoms. The van der Waals surface area contributed by atoms with Crippen LogP contribution in [0.5, 0.6) is 0 Å². The van der Waals surface area contributed by atoms with Gasteiger partial charge >= 0.3 is 5.97 Å². The number of halogens is 1. The van der Waals surface area contributed by atoms with Crippen molar-refractivity contribution in [2.45, 2.75) is 25.3 Å². The number of carbonyl (C=O) groups excluding carboxylic acids is 1. The van der Waals surface area contributed by atoms with Crippen LogP contribution in [0.1, 0.15) is 12.6 Å². The summed E-state index contributed by atoms with van der Waals surface area (Å²) in [7, 11) is -3.73. The number of hydrogen-bond donors (Lipinski definition) is 1. The van der Waals surface area contributed by atoms with Gasteiger partial charge in [0.2, 0.25) is 0 Å². The molecule has 2 N–H and O–H groups in total. The van der Waals surface area contributed by atoms with Crippen LogP contribution in [0.4, 0.5) is 5.69 Å². The number of anilines is 1. The van der Waals surface area contributed by atoms with Crippen molar-refractivity contribution in [2.75, 3.05) is 24.0 Å². The highest BCUT2D eigenvalue weighted by atomic mass is 35.5. The number of aryl methyl sites for hydroxylation is 1. The lowest BCUT2D eigenvalue weighted by molar-refractivity contribution is -0.143. The molecule has 0 radical (unpaired) electrons. The van der Waals surface area contributed by atoms with Crippen LogP contribution >= 0.6 is 11.6 Å². The second-order valence-electron chi connectivity index (χ2n) is 4.27. The normalized spacial score (nSPS) is 11.4. The summed E-state index contributed by atoms with van der Waals surface area (Å²) in [6.45, 7) is 3.02. The Morgan fingerprint density at radius 2 is 2.10 bits per heavy atom. The first-order valence-electron chi connectivity index (χ1n) is 6.18. The van der Waals surface area contributed by atoms with Gasteiger partial charge in [-0.1, -0.05) is 0 Å². The Kier molecular flexibility index (Phi) is 5.79. The first-order chi connectivity index (χ1) is 9.74. The Balaban J connectivity index is 3.34. The van der Waals surface area contributed by atoms with Gasteiger partial charge in [-0.3, -0.25) is 14.2 Å². The molecule has 0 aromatic carbocycles. The molecule has 0 saturated carbocycles. The van der Waals surface area contributed by atoms with Gasteiger partial charge in [0.05, 0.1) is 17.3 Å². The lowest BCUT2D eigenvalue weighted by Gasteiger charge is -2.13. The van der Waals surface area contributed by atoms with E-state index in [9.17, 15) is 18.0 Å². The number of nitrogens with zero attached hydrogens (tertiary/aromatic N) is 1. The number of aromatic nitrogens is 1. The van der Waals surface area contributed by atoms with Crippen molar-refractivity contribution in [3.05, 3.63) is 22.1 Å². The molecule has 0 atom stereocenters. The Labute approximate surface area is 127 Å². The van der Waals surface area contributed by atoms with Gasteiger partial charge in [-0.15, -0.1) is 11.6 Å². The molecule has 9 heteroatoms. The number of carbonyl (C=O) groups is 1. The molecular formula is C12H17ClN2O5S. The fourth-order valence-electron chi connectivity index (χ4n) is 1.76. The molecular weight excluding hydrogens is 320 g/mol. The average Bonchev–Trinajstić information content (AvgIpc) is 2.39. The third kappa shape index (κ3) is 3.98. The van der Waals surface area contributed by atoms with Crippen molar-refractivity contribution >= 4 is 33.1 Å². The number of alkyl halides is 1. The second kappa shape index (κ2) is 6.95. The number of rotatable bonds is 6. The van der Waals surface area contributed by atoms with Crippen LogP contribution in [-0.2, 0) is 25.9 Å². The number of ether oxygens (including phenoxy) is 1. The standard InChI is InChI=1S/C12H17ClN2O5S/c1-3-20-10(16)7-15-8(2)6-9(11(14)12(15)17)21(18,19)5-4-13/h6H,3-5,7,14H2,1-2H3. The Morgan fingerprint density at radius 1 is 1.48 bits per heavy atom. The predicted octanol–water partition coefficient (Wildman–Crippen LogP) is 0.315. The van der Waals surface area contributed by atoms with Gasteiger partial charge in [0.25, 0.3) is 5.56 Å². The summed E-state index contributed by atoms with van der Waals surface area (Å²) in [5.41, 5.74) is 4.75. The van der Waals surface area contributed by atoms with Crippen molar-refractivity contribution in [1.29, 1.82) is 0 Å². The summed E-state index contributed by atoms with van der Waals surface area (Å²) in [4.78, 5) is 23.3. The van der Waals surface area contributed by atoms with E-state index in [1.807, 2.05) is 0 Å². The minimum Gasteiger partial charge on any atom is -0.465 e. The van der Waals surface area contributed by atoms with E-state index < -0.39 is 27.1 Å². The van der Waals surface area contributed by atoms with E-state index in [0.29, 0.717) is 5.69 Å². The maximum absolute atomic E-state index is 12.1. The Bertz CT molecular complexity index is 696. The summed E-state index contributed by atoms with van der Waals surface area (Å²) < 4.78 is 29.8. The molecule has 1 aromatic rings. The van der Waals surface area contributed by atoms with Crippen LogP contribution in [0.15, 0.2) is 15.8 Å². The molecule has 1 aromatic heterocycles. The Hall–Kier alpha value is -1.54. The van der Waals surface area contributed by atoms with Crippen LogP contribution in [0.2, 0.25) is 0 Å². The van der Waals surface area contributed by atoms with Gasteiger partial charge in [0.15, 0.2) is 9.84 Å². The lowest BCUT2D eigenvalue weighted by Crippen LogP contribution is -2.31. The number of esters is 1. The zero-order valence-electron chi connectivity index (χ0n) is 11.8. The third-order valence-corrected chi connectivity index (χ3v) is 4.94. The second-order valence-corrected chi connectivity index (χ2v) is 6.72. The third-order valence-electron chi connectivity index (χ3n) is 2.78. The number of sulfone groups is 1. The molecule has 118 valence electrons. The van der Waals surface area contributed by atoms with Crippen molar-refractivity contribution < 1.29 is 17.9 Å². The van der Waals surface area contributed by atoms with E-state index in [-0.39, 0.29) is 29.7 Å². The number of hydrogen-bond acceptors (Lipinski definition) is 6. The molecule has 21 heavy (non-hydrogen) atoms. The molecule has 1 rings (SSSR count). The molecule has 0 saturated heterocycles. The predicted molar refractivity (Wildman–Crippen MR) is 79.3 cm³/mol. The highest BCUT2D eigenvalue weighted by Gasteiger charge is 2.22. The monoisotopic (exact) mass is 336 g/mol. The molecule has 0 aliphatic heterocycles. The summed E-state index contributed by atoms with van der Waals surface area (Å²) in [5, 5.41) is 0. The SMILES string of the molecule is CCOC(=O)Cn1c(C)cc(S(=O)(=O)CCCl)c(N)c1=O. The first-order valence-corrected chi connectivity index (χ1v) is 8.37. The quantitative estimate of drug-likeness (QED) is 0.591. The molecule has 0 amide bonds. The van der Waals surface area contributed by atoms with E-state index >= 15 is 0 Å². The first kappa shape index (κ1) is 17.5. The van der Waals surface area contributed by atoms with Crippen LogP contribution < -0.4 is 11.3 Å². The maximum Gasteiger partial charge on any atom is 0.326 e. The Morgan fingerprint density at radius 3 is 2.62 bits per heavy atom. The van der Waals surface area contributed by atoms with Gasteiger partial charge in [-0.2, -0.15) is 0 Å². The molecule has 0 aliphatic carbocycles. The summed E-state index contributed by atoms with van der Waals surface area (Å²) in [6, 6.07) is 1.26. The minimum atomic E-state index is -3.73. The van der Waals surface area contributed by atoms with Gasteiger partial charge in [-0.05, 0) is 19.9 Å². The van der Waals surface area contributed by atoms with Crippen molar-refractivity contribution in [1.82, 2.24) is 4.57 Å². The number of pyridine rings is 1. The van der Waals surface area contributed by atoms with E-state index in [1.54, 1.807) is 6.92 Å². The minimum absolute atomic E-state index is 0.104. The van der Waals surface area contributed by atoms with Crippen molar-refractivity contribution in [3.8, 4) is 0 Å². The molecule has 0 aliphatic rings. The fourth-order valence-corrected chi connectivity index (χ4v) is 3.56. The maximum atomic E-state index is 12.1. The molecule has 0 unspecified atom stereocenters. The molecule has 1 heterocycles. The van der Waals surface area contributed by atoms with E-state index in [0.717, 1.165) is 4.57 Å². The highest BCUT2D eigenvalue weighted by molar-refractivity contribution is 7.91. The van der Waals surface area contributed by atoms with Crippen molar-refractivity contribution in [2.24, 2.45) is 0 Å². The number of nitrogen functional groups attached to an aromatic ring is 1. The zero-order valence-corrected chi connectivity index (χ0v) is 13.3. The highest BCUT2D eigenvalue weighted by Crippen LogP contribution is 2.18. The molecule has 0 fully saturated rings. The van der Waals surface area contributed by atoms with Gasteiger partial charge in [-0.25, -0.2) is 8.42 Å². The summed E-state index contributed by atoms with van der Waals surface area (Å²) in [6.07, 6.45) is 0. The topological polar surface area (TPSA) is 108 Å². The van der Waals surface area contributed by atoms with Gasteiger partial charge in [0.1, 0.15) is 12.2 Å². The lowest BCUT2D eigenvalue weighted by atomic mass is 10.3. The van der Waals surface area contributed by atoms with E-state index in [1.165, 1.54) is 13.0 Å². The molecule has 7 nitrogen and oxygen atoms in total. The average molecular weight is 337 g/mol. The largest absolute Gasteiger partial charge is 0.465 e. The van der Waals surface area contributed by atoms with Crippen LogP contribution in [0, 0.1) is 6.92 Å². The summed E-state index contributed by atoms with van der Waals surface area (Å²) in [5.74, 6) is -1.02.